The molecule has 4 heteroatoms. The topological polar surface area (TPSA) is 49.8 Å². The van der Waals surface area contributed by atoms with Gasteiger partial charge < -0.3 is 14.7 Å². The van der Waals surface area contributed by atoms with E-state index in [2.05, 4.69) is 0 Å². The number of likely N-dealkylation sites (tertiary alicyclic amines) is 1. The van der Waals surface area contributed by atoms with Crippen LogP contribution >= 0.6 is 0 Å². The van der Waals surface area contributed by atoms with Crippen LogP contribution in [0.5, 0.6) is 0 Å². The van der Waals surface area contributed by atoms with E-state index in [1.165, 1.54) is 0 Å². The first-order valence-corrected chi connectivity index (χ1v) is 5.27. The number of aliphatic hydroxyl groups excluding tert-OH is 1. The van der Waals surface area contributed by atoms with Crippen LogP contribution in [0.25, 0.3) is 0 Å². The number of carbonyl (C=O) groups is 1. The van der Waals surface area contributed by atoms with Crippen LogP contribution in [0.2, 0.25) is 0 Å². The normalized spacial score (nSPS) is 37.9. The quantitative estimate of drug-likeness (QED) is 0.647. The maximum atomic E-state index is 11.9. The van der Waals surface area contributed by atoms with Crippen LogP contribution in [0.1, 0.15) is 19.8 Å². The van der Waals surface area contributed by atoms with Gasteiger partial charge in [-0.15, -0.1) is 0 Å². The van der Waals surface area contributed by atoms with Gasteiger partial charge in [-0.25, -0.2) is 0 Å². The van der Waals surface area contributed by atoms with Crippen LogP contribution in [-0.2, 0) is 9.53 Å². The molecule has 2 aliphatic rings. The maximum absolute atomic E-state index is 11.9. The van der Waals surface area contributed by atoms with Crippen molar-refractivity contribution in [3.63, 3.8) is 0 Å². The van der Waals surface area contributed by atoms with E-state index in [0.717, 1.165) is 6.42 Å². The first-order chi connectivity index (χ1) is 6.68. The SMILES string of the molecule is CC1OCCC1C(=O)N1CC[C@@H](O)C1. The number of amides is 1. The Hall–Kier alpha value is -0.610. The second kappa shape index (κ2) is 3.87. The zero-order valence-electron chi connectivity index (χ0n) is 8.48. The third-order valence-electron chi connectivity index (χ3n) is 3.17. The lowest BCUT2D eigenvalue weighted by Gasteiger charge is -2.21. The van der Waals surface area contributed by atoms with Crippen molar-refractivity contribution >= 4 is 5.91 Å². The predicted octanol–water partition coefficient (Wildman–Crippen LogP) is 0.00460. The summed E-state index contributed by atoms with van der Waals surface area (Å²) in [6.45, 7) is 3.83. The number of β-amino-alcohol motifs (C(OH)–C–C–N with tert-alkyl or cyclic N) is 1. The number of hydrogen-bond acceptors (Lipinski definition) is 3. The predicted molar refractivity (Wildman–Crippen MR) is 50.7 cm³/mol. The van der Waals surface area contributed by atoms with Crippen LogP contribution in [-0.4, -0.2) is 47.8 Å². The van der Waals surface area contributed by atoms with E-state index < -0.39 is 0 Å². The highest BCUT2D eigenvalue weighted by Gasteiger charge is 2.36. The van der Waals surface area contributed by atoms with E-state index in [9.17, 15) is 9.90 Å². The lowest BCUT2D eigenvalue weighted by atomic mass is 10.0. The minimum Gasteiger partial charge on any atom is -0.391 e. The first-order valence-electron chi connectivity index (χ1n) is 5.27. The van der Waals surface area contributed by atoms with Gasteiger partial charge >= 0.3 is 0 Å². The molecule has 0 aromatic heterocycles. The monoisotopic (exact) mass is 199 g/mol. The molecule has 0 aromatic carbocycles. The zero-order valence-corrected chi connectivity index (χ0v) is 8.48. The molecule has 0 saturated carbocycles. The third kappa shape index (κ3) is 1.77. The van der Waals surface area contributed by atoms with Gasteiger partial charge in [0, 0.05) is 19.7 Å². The van der Waals surface area contributed by atoms with E-state index in [4.69, 9.17) is 4.74 Å². The van der Waals surface area contributed by atoms with E-state index in [1.807, 2.05) is 6.92 Å². The highest BCUT2D eigenvalue weighted by atomic mass is 16.5. The fourth-order valence-corrected chi connectivity index (χ4v) is 2.23. The molecule has 2 rings (SSSR count). The molecule has 14 heavy (non-hydrogen) atoms. The number of nitrogens with zero attached hydrogens (tertiary/aromatic N) is 1. The van der Waals surface area contributed by atoms with Gasteiger partial charge in [0.15, 0.2) is 0 Å². The van der Waals surface area contributed by atoms with Crippen molar-refractivity contribution in [2.45, 2.75) is 32.0 Å². The van der Waals surface area contributed by atoms with Gasteiger partial charge in [-0.2, -0.15) is 0 Å². The number of carbonyl (C=O) groups excluding carboxylic acids is 1. The molecule has 0 aliphatic carbocycles. The molecule has 3 atom stereocenters. The Morgan fingerprint density at radius 3 is 2.79 bits per heavy atom. The smallest absolute Gasteiger partial charge is 0.228 e. The summed E-state index contributed by atoms with van der Waals surface area (Å²) in [5.41, 5.74) is 0. The average Bonchev–Trinajstić information content (AvgIpc) is 2.73. The summed E-state index contributed by atoms with van der Waals surface area (Å²) in [5, 5.41) is 9.33. The lowest BCUT2D eigenvalue weighted by molar-refractivity contribution is -0.136. The van der Waals surface area contributed by atoms with Crippen molar-refractivity contribution in [1.82, 2.24) is 4.90 Å². The second-order valence-electron chi connectivity index (χ2n) is 4.20. The van der Waals surface area contributed by atoms with Crippen molar-refractivity contribution in [2.75, 3.05) is 19.7 Å². The minimum atomic E-state index is -0.323. The summed E-state index contributed by atoms with van der Waals surface area (Å²) in [7, 11) is 0. The summed E-state index contributed by atoms with van der Waals surface area (Å²) in [6, 6.07) is 0. The zero-order chi connectivity index (χ0) is 10.1. The molecular weight excluding hydrogens is 182 g/mol. The van der Waals surface area contributed by atoms with Crippen LogP contribution in [0, 0.1) is 5.92 Å². The molecule has 4 nitrogen and oxygen atoms in total. The van der Waals surface area contributed by atoms with Gasteiger partial charge in [0.2, 0.25) is 5.91 Å². The van der Waals surface area contributed by atoms with Gasteiger partial charge in [-0.3, -0.25) is 4.79 Å². The summed E-state index contributed by atoms with van der Waals surface area (Å²) >= 11 is 0. The Kier molecular flexibility index (Phi) is 2.74. The van der Waals surface area contributed by atoms with Crippen LogP contribution in [0.4, 0.5) is 0 Å². The molecule has 2 unspecified atom stereocenters. The van der Waals surface area contributed by atoms with Gasteiger partial charge in [0.25, 0.3) is 0 Å². The average molecular weight is 199 g/mol. The summed E-state index contributed by atoms with van der Waals surface area (Å²) in [6.07, 6.45) is 1.26. The molecule has 1 amide bonds. The van der Waals surface area contributed by atoms with Crippen LogP contribution in [0.15, 0.2) is 0 Å². The molecule has 2 aliphatic heterocycles. The van der Waals surface area contributed by atoms with Gasteiger partial charge in [-0.1, -0.05) is 0 Å². The molecule has 0 spiro atoms. The Morgan fingerprint density at radius 1 is 1.50 bits per heavy atom. The van der Waals surface area contributed by atoms with Crippen LogP contribution < -0.4 is 0 Å². The molecule has 0 aromatic rings. The Labute approximate surface area is 83.8 Å². The highest BCUT2D eigenvalue weighted by Crippen LogP contribution is 2.24. The number of ether oxygens (including phenoxy) is 1. The molecule has 0 radical (unpaired) electrons. The Bertz CT molecular complexity index is 231. The summed E-state index contributed by atoms with van der Waals surface area (Å²) in [5.74, 6) is 0.173. The number of hydrogen-bond donors (Lipinski definition) is 1. The van der Waals surface area contributed by atoms with E-state index in [-0.39, 0.29) is 24.0 Å². The Morgan fingerprint density at radius 2 is 2.29 bits per heavy atom. The van der Waals surface area contributed by atoms with E-state index >= 15 is 0 Å². The minimum absolute atomic E-state index is 0.0142. The second-order valence-corrected chi connectivity index (χ2v) is 4.20. The first kappa shape index (κ1) is 9.93. The molecule has 2 heterocycles. The van der Waals surface area contributed by atoms with Crippen LogP contribution in [0.3, 0.4) is 0 Å². The van der Waals surface area contributed by atoms with Crippen molar-refractivity contribution in [3.05, 3.63) is 0 Å². The van der Waals surface area contributed by atoms with Gasteiger partial charge in [-0.05, 0) is 19.8 Å². The molecule has 2 fully saturated rings. The van der Waals surface area contributed by atoms with E-state index in [1.54, 1.807) is 4.90 Å². The fraction of sp³-hybridized carbons (Fsp3) is 0.900. The van der Waals surface area contributed by atoms with Crippen molar-refractivity contribution < 1.29 is 14.6 Å². The number of aliphatic hydroxyl groups is 1. The highest BCUT2D eigenvalue weighted by molar-refractivity contribution is 5.80. The van der Waals surface area contributed by atoms with Crippen molar-refractivity contribution in [1.29, 1.82) is 0 Å². The van der Waals surface area contributed by atoms with Gasteiger partial charge in [0.1, 0.15) is 0 Å². The third-order valence-corrected chi connectivity index (χ3v) is 3.17. The van der Waals surface area contributed by atoms with Gasteiger partial charge in [0.05, 0.1) is 18.1 Å². The number of rotatable bonds is 1. The molecule has 0 bridgehead atoms. The molecule has 2 saturated heterocycles. The largest absolute Gasteiger partial charge is 0.391 e. The molecular formula is C10H17NO3. The summed E-state index contributed by atoms with van der Waals surface area (Å²) < 4.78 is 5.36. The maximum Gasteiger partial charge on any atom is 0.228 e. The van der Waals surface area contributed by atoms with Crippen molar-refractivity contribution in [3.8, 4) is 0 Å². The Balaban J connectivity index is 1.94. The molecule has 1 N–H and O–H groups in total. The standard InChI is InChI=1S/C10H17NO3/c1-7-9(3-5-14-7)10(13)11-4-2-8(12)6-11/h7-9,12H,2-6H2,1H3/t7?,8-,9?/m1/s1. The molecule has 80 valence electrons. The lowest BCUT2D eigenvalue weighted by Crippen LogP contribution is -2.37. The summed E-state index contributed by atoms with van der Waals surface area (Å²) in [4.78, 5) is 13.7. The van der Waals surface area contributed by atoms with E-state index in [0.29, 0.717) is 26.1 Å². The fourth-order valence-electron chi connectivity index (χ4n) is 2.23. The van der Waals surface area contributed by atoms with Crippen molar-refractivity contribution in [2.24, 2.45) is 5.92 Å².